The summed E-state index contributed by atoms with van der Waals surface area (Å²) in [6.45, 7) is 1.90. The predicted octanol–water partition coefficient (Wildman–Crippen LogP) is 4.57. The Morgan fingerprint density at radius 1 is 1.24 bits per heavy atom. The Labute approximate surface area is 110 Å². The lowest BCUT2D eigenvalue weighted by atomic mass is 10.2. The number of aromatic nitrogens is 1. The van der Waals surface area contributed by atoms with Crippen LogP contribution in [-0.4, -0.2) is 4.98 Å². The number of ether oxygens (including phenoxy) is 1. The van der Waals surface area contributed by atoms with Crippen LogP contribution in [0.1, 0.15) is 11.3 Å². The summed E-state index contributed by atoms with van der Waals surface area (Å²) in [4.78, 5) is 4.18. The number of halogens is 2. The molecule has 0 aliphatic carbocycles. The van der Waals surface area contributed by atoms with Crippen molar-refractivity contribution in [3.63, 3.8) is 0 Å². The molecule has 0 aliphatic heterocycles. The highest BCUT2D eigenvalue weighted by atomic mass is 35.5. The molecule has 0 aliphatic rings. The van der Waals surface area contributed by atoms with Crippen LogP contribution in [-0.2, 0) is 5.88 Å². The predicted molar refractivity (Wildman–Crippen MR) is 70.1 cm³/mol. The van der Waals surface area contributed by atoms with Gasteiger partial charge < -0.3 is 4.74 Å². The lowest BCUT2D eigenvalue weighted by Gasteiger charge is -2.10. The molecule has 0 saturated carbocycles. The van der Waals surface area contributed by atoms with E-state index in [1.807, 2.05) is 31.2 Å². The van der Waals surface area contributed by atoms with Gasteiger partial charge in [0, 0.05) is 23.5 Å². The minimum absolute atomic E-state index is 0.354. The van der Waals surface area contributed by atoms with Crippen LogP contribution in [0.2, 0.25) is 5.02 Å². The highest BCUT2D eigenvalue weighted by molar-refractivity contribution is 6.32. The van der Waals surface area contributed by atoms with Crippen molar-refractivity contribution in [1.29, 1.82) is 0 Å². The van der Waals surface area contributed by atoms with Gasteiger partial charge in [0.05, 0.1) is 10.9 Å². The molecule has 0 atom stereocenters. The average Bonchev–Trinajstić information content (AvgIpc) is 2.32. The van der Waals surface area contributed by atoms with Crippen molar-refractivity contribution in [2.24, 2.45) is 0 Å². The second kappa shape index (κ2) is 5.39. The number of hydrogen-bond donors (Lipinski definition) is 0. The Hall–Kier alpha value is -1.25. The number of rotatable bonds is 3. The second-order valence-corrected chi connectivity index (χ2v) is 4.27. The molecular formula is C13H11Cl2NO. The van der Waals surface area contributed by atoms with Crippen molar-refractivity contribution in [3.05, 3.63) is 52.8 Å². The normalized spacial score (nSPS) is 10.3. The summed E-state index contributed by atoms with van der Waals surface area (Å²) in [6.07, 6.45) is 1.72. The van der Waals surface area contributed by atoms with Gasteiger partial charge in [0.1, 0.15) is 11.5 Å². The van der Waals surface area contributed by atoms with Crippen LogP contribution < -0.4 is 4.74 Å². The van der Waals surface area contributed by atoms with Crippen molar-refractivity contribution in [1.82, 2.24) is 4.98 Å². The molecule has 0 saturated heterocycles. The maximum Gasteiger partial charge on any atom is 0.146 e. The van der Waals surface area contributed by atoms with E-state index in [9.17, 15) is 0 Å². The summed E-state index contributed by atoms with van der Waals surface area (Å²) in [5.41, 5.74) is 1.72. The van der Waals surface area contributed by atoms with E-state index < -0.39 is 0 Å². The SMILES string of the molecule is Cc1cc(Oc2ccccc2Cl)c(CCl)cn1. The van der Waals surface area contributed by atoms with Crippen molar-refractivity contribution in [2.45, 2.75) is 12.8 Å². The summed E-state index contributed by atoms with van der Waals surface area (Å²) in [5.74, 6) is 1.67. The molecule has 88 valence electrons. The van der Waals surface area contributed by atoms with Gasteiger partial charge in [-0.3, -0.25) is 4.98 Å². The molecule has 0 bridgehead atoms. The largest absolute Gasteiger partial charge is 0.455 e. The van der Waals surface area contributed by atoms with Crippen LogP contribution in [0.15, 0.2) is 36.5 Å². The van der Waals surface area contributed by atoms with Gasteiger partial charge >= 0.3 is 0 Å². The van der Waals surface area contributed by atoms with E-state index in [-0.39, 0.29) is 0 Å². The summed E-state index contributed by atoms with van der Waals surface area (Å²) in [6, 6.07) is 9.17. The first kappa shape index (κ1) is 12.2. The fourth-order valence-electron chi connectivity index (χ4n) is 1.40. The number of nitrogens with zero attached hydrogens (tertiary/aromatic N) is 1. The molecule has 2 aromatic rings. The number of hydrogen-bond acceptors (Lipinski definition) is 2. The minimum atomic E-state index is 0.354. The van der Waals surface area contributed by atoms with Crippen molar-refractivity contribution in [3.8, 4) is 11.5 Å². The van der Waals surface area contributed by atoms with Crippen molar-refractivity contribution >= 4 is 23.2 Å². The van der Waals surface area contributed by atoms with Gasteiger partial charge in [-0.1, -0.05) is 23.7 Å². The maximum atomic E-state index is 6.04. The molecule has 0 unspecified atom stereocenters. The first-order valence-electron chi connectivity index (χ1n) is 5.14. The third kappa shape index (κ3) is 2.90. The van der Waals surface area contributed by atoms with Gasteiger partial charge in [0.2, 0.25) is 0 Å². The number of para-hydroxylation sites is 1. The van der Waals surface area contributed by atoms with Gasteiger partial charge in [-0.05, 0) is 19.1 Å². The van der Waals surface area contributed by atoms with Crippen molar-refractivity contribution in [2.75, 3.05) is 0 Å². The van der Waals surface area contributed by atoms with Gasteiger partial charge in [-0.25, -0.2) is 0 Å². The van der Waals surface area contributed by atoms with Crippen LogP contribution in [0.25, 0.3) is 0 Å². The number of aryl methyl sites for hydroxylation is 1. The zero-order valence-corrected chi connectivity index (χ0v) is 10.8. The molecule has 0 N–H and O–H groups in total. The highest BCUT2D eigenvalue weighted by Crippen LogP contribution is 2.31. The Morgan fingerprint density at radius 3 is 2.71 bits per heavy atom. The highest BCUT2D eigenvalue weighted by Gasteiger charge is 2.07. The van der Waals surface area contributed by atoms with Crippen molar-refractivity contribution < 1.29 is 4.74 Å². The van der Waals surface area contributed by atoms with E-state index in [2.05, 4.69) is 4.98 Å². The number of benzene rings is 1. The van der Waals surface area contributed by atoms with E-state index in [1.54, 1.807) is 12.3 Å². The molecule has 0 radical (unpaired) electrons. The molecule has 1 heterocycles. The summed E-state index contributed by atoms with van der Waals surface area (Å²) in [7, 11) is 0. The van der Waals surface area contributed by atoms with E-state index >= 15 is 0 Å². The lowest BCUT2D eigenvalue weighted by Crippen LogP contribution is -1.93. The van der Waals surface area contributed by atoms with E-state index in [1.165, 1.54) is 0 Å². The van der Waals surface area contributed by atoms with Gasteiger partial charge in [0.25, 0.3) is 0 Å². The quantitative estimate of drug-likeness (QED) is 0.760. The molecule has 1 aromatic carbocycles. The van der Waals surface area contributed by atoms with Crippen LogP contribution in [0, 0.1) is 6.92 Å². The molecule has 17 heavy (non-hydrogen) atoms. The molecule has 0 fully saturated rings. The molecule has 2 nitrogen and oxygen atoms in total. The zero-order chi connectivity index (χ0) is 12.3. The fraction of sp³-hybridized carbons (Fsp3) is 0.154. The smallest absolute Gasteiger partial charge is 0.146 e. The Balaban J connectivity index is 2.35. The van der Waals surface area contributed by atoms with Crippen LogP contribution >= 0.6 is 23.2 Å². The fourth-order valence-corrected chi connectivity index (χ4v) is 1.78. The molecule has 2 rings (SSSR count). The monoisotopic (exact) mass is 267 g/mol. The van der Waals surface area contributed by atoms with Gasteiger partial charge in [-0.2, -0.15) is 0 Å². The Bertz CT molecular complexity index is 529. The van der Waals surface area contributed by atoms with Crippen LogP contribution in [0.3, 0.4) is 0 Å². The topological polar surface area (TPSA) is 22.1 Å². The zero-order valence-electron chi connectivity index (χ0n) is 9.28. The van der Waals surface area contributed by atoms with Gasteiger partial charge in [0.15, 0.2) is 0 Å². The molecule has 1 aromatic heterocycles. The van der Waals surface area contributed by atoms with Crippen LogP contribution in [0.5, 0.6) is 11.5 Å². The van der Waals surface area contributed by atoms with Crippen LogP contribution in [0.4, 0.5) is 0 Å². The van der Waals surface area contributed by atoms with E-state index in [0.717, 1.165) is 11.3 Å². The Morgan fingerprint density at radius 2 is 2.00 bits per heavy atom. The number of pyridine rings is 1. The standard InChI is InChI=1S/C13H11Cl2NO/c1-9-6-13(10(7-14)8-16-9)17-12-5-3-2-4-11(12)15/h2-6,8H,7H2,1H3. The maximum absolute atomic E-state index is 6.04. The third-order valence-corrected chi connectivity index (χ3v) is 2.88. The lowest BCUT2D eigenvalue weighted by molar-refractivity contribution is 0.477. The molecule has 0 spiro atoms. The van der Waals surface area contributed by atoms with E-state index in [4.69, 9.17) is 27.9 Å². The number of alkyl halides is 1. The molecule has 0 amide bonds. The summed E-state index contributed by atoms with van der Waals surface area (Å²) < 4.78 is 5.76. The molecular weight excluding hydrogens is 257 g/mol. The first-order chi connectivity index (χ1) is 8.20. The summed E-state index contributed by atoms with van der Waals surface area (Å²) in [5, 5.41) is 0.572. The summed E-state index contributed by atoms with van der Waals surface area (Å²) >= 11 is 11.9. The minimum Gasteiger partial charge on any atom is -0.455 e. The molecule has 4 heteroatoms. The third-order valence-electron chi connectivity index (χ3n) is 2.28. The van der Waals surface area contributed by atoms with Gasteiger partial charge in [-0.15, -0.1) is 11.6 Å². The second-order valence-electron chi connectivity index (χ2n) is 3.60. The Kier molecular flexibility index (Phi) is 3.87. The average molecular weight is 268 g/mol. The first-order valence-corrected chi connectivity index (χ1v) is 6.06. The van der Waals surface area contributed by atoms with E-state index in [0.29, 0.717) is 22.4 Å².